The van der Waals surface area contributed by atoms with Crippen LogP contribution in [0.25, 0.3) is 0 Å². The summed E-state index contributed by atoms with van der Waals surface area (Å²) in [5, 5.41) is 3.49. The molecule has 1 aliphatic rings. The smallest absolute Gasteiger partial charge is 0.128 e. The lowest BCUT2D eigenvalue weighted by atomic mass is 9.97. The Labute approximate surface area is 129 Å². The van der Waals surface area contributed by atoms with Crippen molar-refractivity contribution in [3.63, 3.8) is 0 Å². The summed E-state index contributed by atoms with van der Waals surface area (Å²) in [6.07, 6.45) is 2.01. The first-order valence-corrected chi connectivity index (χ1v) is 8.11. The van der Waals surface area contributed by atoms with E-state index in [0.29, 0.717) is 5.41 Å². The Morgan fingerprint density at radius 3 is 2.38 bits per heavy atom. The molecule has 4 heteroatoms. The van der Waals surface area contributed by atoms with Gasteiger partial charge in [0.1, 0.15) is 5.82 Å². The molecular weight excluding hydrogens is 260 g/mol. The van der Waals surface area contributed by atoms with Crippen molar-refractivity contribution in [3.05, 3.63) is 23.9 Å². The van der Waals surface area contributed by atoms with Gasteiger partial charge in [-0.2, -0.15) is 0 Å². The Morgan fingerprint density at radius 1 is 1.14 bits per heavy atom. The van der Waals surface area contributed by atoms with Crippen LogP contribution in [0.4, 0.5) is 5.82 Å². The molecule has 1 aromatic rings. The molecule has 1 N–H and O–H groups in total. The van der Waals surface area contributed by atoms with Crippen LogP contribution in [-0.4, -0.2) is 49.2 Å². The average molecular weight is 290 g/mol. The van der Waals surface area contributed by atoms with E-state index in [9.17, 15) is 0 Å². The number of nitrogens with one attached hydrogen (secondary N) is 1. The van der Waals surface area contributed by atoms with Crippen molar-refractivity contribution in [3.8, 4) is 0 Å². The Kier molecular flexibility index (Phi) is 5.59. The number of likely N-dealkylation sites (N-methyl/N-ethyl adjacent to an activating group) is 1. The van der Waals surface area contributed by atoms with E-state index in [1.165, 1.54) is 5.56 Å². The molecule has 1 aromatic heterocycles. The molecule has 0 saturated carbocycles. The van der Waals surface area contributed by atoms with Crippen LogP contribution in [0.3, 0.4) is 0 Å². The molecule has 0 bridgehead atoms. The molecule has 2 rings (SSSR count). The fourth-order valence-electron chi connectivity index (χ4n) is 2.58. The van der Waals surface area contributed by atoms with Gasteiger partial charge in [-0.15, -0.1) is 0 Å². The Hall–Kier alpha value is -1.13. The number of anilines is 1. The maximum atomic E-state index is 4.64. The highest BCUT2D eigenvalue weighted by Crippen LogP contribution is 2.15. The summed E-state index contributed by atoms with van der Waals surface area (Å²) in [6, 6.07) is 4.36. The van der Waals surface area contributed by atoms with Gasteiger partial charge in [0, 0.05) is 45.5 Å². The van der Waals surface area contributed by atoms with Crippen LogP contribution in [0.15, 0.2) is 18.3 Å². The highest BCUT2D eigenvalue weighted by molar-refractivity contribution is 5.39. The standard InChI is InChI=1S/C17H30N4/c1-5-20-8-10-21(11-9-20)16-7-6-15(13-19-16)12-18-14-17(2,3)4/h6-7,13,18H,5,8-12,14H2,1-4H3. The third kappa shape index (κ3) is 5.29. The van der Waals surface area contributed by atoms with Crippen LogP contribution >= 0.6 is 0 Å². The number of piperazine rings is 1. The molecule has 1 fully saturated rings. The van der Waals surface area contributed by atoms with Gasteiger partial charge < -0.3 is 15.1 Å². The third-order valence-electron chi connectivity index (χ3n) is 3.94. The van der Waals surface area contributed by atoms with E-state index >= 15 is 0 Å². The van der Waals surface area contributed by atoms with Gasteiger partial charge in [0.2, 0.25) is 0 Å². The molecular formula is C17H30N4. The summed E-state index contributed by atoms with van der Waals surface area (Å²) in [7, 11) is 0. The number of nitrogens with zero attached hydrogens (tertiary/aromatic N) is 3. The summed E-state index contributed by atoms with van der Waals surface area (Å²) in [6.45, 7) is 16.5. The molecule has 1 aliphatic heterocycles. The number of pyridine rings is 1. The molecule has 0 spiro atoms. The van der Waals surface area contributed by atoms with Gasteiger partial charge in [-0.05, 0) is 23.6 Å². The summed E-state index contributed by atoms with van der Waals surface area (Å²) in [4.78, 5) is 9.51. The van der Waals surface area contributed by atoms with Gasteiger partial charge in [-0.25, -0.2) is 4.98 Å². The van der Waals surface area contributed by atoms with Crippen molar-refractivity contribution in [2.75, 3.05) is 44.2 Å². The van der Waals surface area contributed by atoms with Crippen LogP contribution < -0.4 is 10.2 Å². The molecule has 0 amide bonds. The third-order valence-corrected chi connectivity index (χ3v) is 3.94. The molecule has 1 saturated heterocycles. The van der Waals surface area contributed by atoms with Crippen LogP contribution in [0.1, 0.15) is 33.3 Å². The Bertz CT molecular complexity index is 413. The van der Waals surface area contributed by atoms with E-state index in [-0.39, 0.29) is 0 Å². The second-order valence-electron chi connectivity index (χ2n) is 7.11. The van der Waals surface area contributed by atoms with Crippen LogP contribution in [0, 0.1) is 5.41 Å². The molecule has 118 valence electrons. The van der Waals surface area contributed by atoms with Crippen LogP contribution in [0.5, 0.6) is 0 Å². The van der Waals surface area contributed by atoms with Crippen molar-refractivity contribution >= 4 is 5.82 Å². The van der Waals surface area contributed by atoms with Gasteiger partial charge in [0.05, 0.1) is 0 Å². The first kappa shape index (κ1) is 16.2. The van der Waals surface area contributed by atoms with Crippen molar-refractivity contribution < 1.29 is 0 Å². The summed E-state index contributed by atoms with van der Waals surface area (Å²) in [5.41, 5.74) is 1.59. The molecule has 2 heterocycles. The highest BCUT2D eigenvalue weighted by atomic mass is 15.3. The monoisotopic (exact) mass is 290 g/mol. The largest absolute Gasteiger partial charge is 0.354 e. The van der Waals surface area contributed by atoms with E-state index in [0.717, 1.165) is 51.6 Å². The van der Waals surface area contributed by atoms with Crippen molar-refractivity contribution in [1.82, 2.24) is 15.2 Å². The Balaban J connectivity index is 1.82. The topological polar surface area (TPSA) is 31.4 Å². The Morgan fingerprint density at radius 2 is 1.86 bits per heavy atom. The second kappa shape index (κ2) is 7.23. The lowest BCUT2D eigenvalue weighted by Gasteiger charge is -2.34. The van der Waals surface area contributed by atoms with Gasteiger partial charge in [0.15, 0.2) is 0 Å². The molecule has 0 aliphatic carbocycles. The maximum absolute atomic E-state index is 4.64. The van der Waals surface area contributed by atoms with Crippen molar-refractivity contribution in [2.45, 2.75) is 34.2 Å². The van der Waals surface area contributed by atoms with E-state index in [4.69, 9.17) is 0 Å². The van der Waals surface area contributed by atoms with Crippen molar-refractivity contribution in [1.29, 1.82) is 0 Å². The molecule has 0 aromatic carbocycles. The van der Waals surface area contributed by atoms with Crippen LogP contribution in [-0.2, 0) is 6.54 Å². The van der Waals surface area contributed by atoms with Crippen LogP contribution in [0.2, 0.25) is 0 Å². The molecule has 0 radical (unpaired) electrons. The zero-order valence-electron chi connectivity index (χ0n) is 14.0. The summed E-state index contributed by atoms with van der Waals surface area (Å²) < 4.78 is 0. The zero-order valence-corrected chi connectivity index (χ0v) is 14.0. The predicted octanol–water partition coefficient (Wildman–Crippen LogP) is 2.36. The molecule has 0 unspecified atom stereocenters. The normalized spacial score (nSPS) is 17.2. The minimum atomic E-state index is 0.326. The van der Waals surface area contributed by atoms with Crippen molar-refractivity contribution in [2.24, 2.45) is 5.41 Å². The average Bonchev–Trinajstić information content (AvgIpc) is 2.47. The van der Waals surface area contributed by atoms with Gasteiger partial charge in [-0.1, -0.05) is 33.8 Å². The number of rotatable bonds is 5. The number of aromatic nitrogens is 1. The number of hydrogen-bond acceptors (Lipinski definition) is 4. The van der Waals surface area contributed by atoms with Gasteiger partial charge >= 0.3 is 0 Å². The van der Waals surface area contributed by atoms with Gasteiger partial charge in [0.25, 0.3) is 0 Å². The summed E-state index contributed by atoms with van der Waals surface area (Å²) >= 11 is 0. The lowest BCUT2D eigenvalue weighted by molar-refractivity contribution is 0.270. The molecule has 0 atom stereocenters. The number of hydrogen-bond donors (Lipinski definition) is 1. The minimum absolute atomic E-state index is 0.326. The first-order chi connectivity index (χ1) is 9.98. The lowest BCUT2D eigenvalue weighted by Crippen LogP contribution is -2.46. The highest BCUT2D eigenvalue weighted by Gasteiger charge is 2.16. The molecule has 4 nitrogen and oxygen atoms in total. The SMILES string of the molecule is CCN1CCN(c2ccc(CNCC(C)(C)C)cn2)CC1. The maximum Gasteiger partial charge on any atom is 0.128 e. The fourth-order valence-corrected chi connectivity index (χ4v) is 2.58. The quantitative estimate of drug-likeness (QED) is 0.902. The van der Waals surface area contributed by atoms with E-state index in [1.54, 1.807) is 0 Å². The second-order valence-corrected chi connectivity index (χ2v) is 7.11. The first-order valence-electron chi connectivity index (χ1n) is 8.11. The van der Waals surface area contributed by atoms with E-state index < -0.39 is 0 Å². The molecule has 21 heavy (non-hydrogen) atoms. The predicted molar refractivity (Wildman–Crippen MR) is 89.7 cm³/mol. The summed E-state index contributed by atoms with van der Waals surface area (Å²) in [5.74, 6) is 1.12. The zero-order chi connectivity index (χ0) is 15.3. The minimum Gasteiger partial charge on any atom is -0.354 e. The fraction of sp³-hybridized carbons (Fsp3) is 0.706. The van der Waals surface area contributed by atoms with E-state index in [1.807, 2.05) is 6.20 Å². The van der Waals surface area contributed by atoms with Gasteiger partial charge in [-0.3, -0.25) is 0 Å². The van der Waals surface area contributed by atoms with E-state index in [2.05, 4.69) is 59.9 Å².